The molecule has 15 nitrogen and oxygen atoms in total. The average Bonchev–Trinajstić information content (AvgIpc) is 2.80. The fourth-order valence-corrected chi connectivity index (χ4v) is 4.44. The van der Waals surface area contributed by atoms with Crippen LogP contribution in [0.25, 0.3) is 0 Å². The molecule has 5 N–H and O–H groups in total. The molecule has 0 bridgehead atoms. The fraction of sp³-hybridized carbons (Fsp3) is 0.609. The van der Waals surface area contributed by atoms with E-state index in [0.717, 1.165) is 0 Å². The molecule has 1 unspecified atom stereocenters. The number of aliphatic carboxylic acids is 3. The van der Waals surface area contributed by atoms with Crippen LogP contribution in [0.2, 0.25) is 0 Å². The standard InChI is InChI=1S/C23H35N5O10/c29-20(30)13-24-5-6-25(14-21(31)32)9-10-27(16-23(35)36)19(12-26(8-7-24)15-22(33)34)11-17-1-3-18(4-2-17)28(37)38/h1-4,19,22,33-34H,5-16H2,(H,29,30)(H,31,32)(H,35,36). The van der Waals surface area contributed by atoms with Gasteiger partial charge in [0.2, 0.25) is 0 Å². The summed E-state index contributed by atoms with van der Waals surface area (Å²) in [6, 6.07) is 5.35. The second kappa shape index (κ2) is 15.3. The van der Waals surface area contributed by atoms with Crippen LogP contribution in [-0.4, -0.2) is 152 Å². The second-order valence-corrected chi connectivity index (χ2v) is 9.23. The number of aliphatic hydroxyl groups excluding tert-OH is 1. The molecule has 0 aromatic heterocycles. The molecule has 1 atom stereocenters. The molecule has 0 radical (unpaired) electrons. The van der Waals surface area contributed by atoms with Crippen LogP contribution in [0.15, 0.2) is 24.3 Å². The number of carboxylic acid groups (broad SMARTS) is 3. The van der Waals surface area contributed by atoms with Crippen LogP contribution >= 0.6 is 0 Å². The number of non-ortho nitro benzene ring substituents is 1. The molecule has 38 heavy (non-hydrogen) atoms. The summed E-state index contributed by atoms with van der Waals surface area (Å²) in [6.07, 6.45) is -1.41. The Morgan fingerprint density at radius 3 is 1.74 bits per heavy atom. The van der Waals surface area contributed by atoms with Gasteiger partial charge in [0, 0.05) is 70.5 Å². The lowest BCUT2D eigenvalue weighted by Gasteiger charge is -2.38. The number of β-amino-alcohol motifs (C(OH)–C–C–N with tert-alkyl or cyclic N) is 2. The van der Waals surface area contributed by atoms with Gasteiger partial charge in [-0.25, -0.2) is 0 Å². The molecule has 1 heterocycles. The highest BCUT2D eigenvalue weighted by atomic mass is 16.6. The number of nitrogens with zero attached hydrogens (tertiary/aromatic N) is 5. The normalized spacial score (nSPS) is 19.5. The van der Waals surface area contributed by atoms with E-state index in [9.17, 15) is 50.0 Å². The van der Waals surface area contributed by atoms with Gasteiger partial charge in [-0.2, -0.15) is 0 Å². The quantitative estimate of drug-likeness (QED) is 0.120. The average molecular weight is 542 g/mol. The number of hydrogen-bond donors (Lipinski definition) is 5. The molecule has 0 aliphatic carbocycles. The number of aliphatic hydroxyl groups is 2. The molecule has 0 amide bonds. The van der Waals surface area contributed by atoms with Crippen molar-refractivity contribution in [2.75, 3.05) is 72.0 Å². The van der Waals surface area contributed by atoms with Crippen molar-refractivity contribution in [3.63, 3.8) is 0 Å². The molecule has 15 heteroatoms. The van der Waals surface area contributed by atoms with Gasteiger partial charge in [0.1, 0.15) is 0 Å². The largest absolute Gasteiger partial charge is 0.480 e. The van der Waals surface area contributed by atoms with E-state index in [-0.39, 0.29) is 84.1 Å². The number of benzene rings is 1. The highest BCUT2D eigenvalue weighted by Gasteiger charge is 2.27. The fourth-order valence-electron chi connectivity index (χ4n) is 4.44. The first-order valence-electron chi connectivity index (χ1n) is 12.1. The zero-order valence-corrected chi connectivity index (χ0v) is 21.0. The van der Waals surface area contributed by atoms with Gasteiger partial charge in [-0.1, -0.05) is 12.1 Å². The van der Waals surface area contributed by atoms with Crippen molar-refractivity contribution in [1.82, 2.24) is 19.6 Å². The summed E-state index contributed by atoms with van der Waals surface area (Å²) < 4.78 is 0. The van der Waals surface area contributed by atoms with Crippen LogP contribution in [0.4, 0.5) is 5.69 Å². The van der Waals surface area contributed by atoms with E-state index in [1.54, 1.807) is 31.7 Å². The van der Waals surface area contributed by atoms with Crippen molar-refractivity contribution in [1.29, 1.82) is 0 Å². The summed E-state index contributed by atoms with van der Waals surface area (Å²) in [4.78, 5) is 51.7. The summed E-state index contributed by atoms with van der Waals surface area (Å²) in [6.45, 7) is 0.392. The Hall–Kier alpha value is -3.21. The van der Waals surface area contributed by atoms with Crippen LogP contribution < -0.4 is 0 Å². The molecular formula is C23H35N5O10. The van der Waals surface area contributed by atoms with Crippen molar-refractivity contribution in [2.24, 2.45) is 0 Å². The molecule has 1 aromatic carbocycles. The predicted molar refractivity (Wildman–Crippen MR) is 133 cm³/mol. The minimum atomic E-state index is -1.69. The maximum atomic E-state index is 11.7. The third kappa shape index (κ3) is 11.5. The molecule has 1 aliphatic rings. The summed E-state index contributed by atoms with van der Waals surface area (Å²) in [5.74, 6) is -3.23. The maximum Gasteiger partial charge on any atom is 0.317 e. The first kappa shape index (κ1) is 31.0. The Kier molecular flexibility index (Phi) is 12.5. The maximum absolute atomic E-state index is 11.7. The molecule has 1 aromatic rings. The molecule has 1 fully saturated rings. The van der Waals surface area contributed by atoms with Crippen molar-refractivity contribution >= 4 is 23.6 Å². The minimum Gasteiger partial charge on any atom is -0.480 e. The molecule has 1 saturated heterocycles. The molecular weight excluding hydrogens is 506 g/mol. The lowest BCUT2D eigenvalue weighted by atomic mass is 10.0. The zero-order valence-electron chi connectivity index (χ0n) is 21.0. The van der Waals surface area contributed by atoms with Gasteiger partial charge >= 0.3 is 17.9 Å². The third-order valence-corrected chi connectivity index (χ3v) is 6.25. The third-order valence-electron chi connectivity index (χ3n) is 6.25. The molecule has 0 saturated carbocycles. The molecule has 2 rings (SSSR count). The van der Waals surface area contributed by atoms with Gasteiger partial charge in [0.15, 0.2) is 6.29 Å². The number of nitro benzene ring substituents is 1. The summed E-state index contributed by atoms with van der Waals surface area (Å²) in [7, 11) is 0. The van der Waals surface area contributed by atoms with Gasteiger partial charge in [-0.05, 0) is 12.0 Å². The van der Waals surface area contributed by atoms with Gasteiger partial charge < -0.3 is 25.5 Å². The molecule has 212 valence electrons. The molecule has 0 spiro atoms. The number of hydrogen-bond acceptors (Lipinski definition) is 11. The lowest BCUT2D eigenvalue weighted by molar-refractivity contribution is -0.384. The summed E-state index contributed by atoms with van der Waals surface area (Å²) in [5, 5.41) is 58.6. The van der Waals surface area contributed by atoms with Crippen molar-refractivity contribution in [3.8, 4) is 0 Å². The van der Waals surface area contributed by atoms with Crippen LogP contribution in [0.3, 0.4) is 0 Å². The van der Waals surface area contributed by atoms with E-state index in [1.807, 2.05) is 0 Å². The lowest BCUT2D eigenvalue weighted by Crippen LogP contribution is -2.53. The van der Waals surface area contributed by atoms with Crippen LogP contribution in [0.5, 0.6) is 0 Å². The number of rotatable bonds is 11. The van der Waals surface area contributed by atoms with Crippen LogP contribution in [0, 0.1) is 10.1 Å². The van der Waals surface area contributed by atoms with Gasteiger partial charge in [-0.3, -0.25) is 44.1 Å². The predicted octanol–water partition coefficient (Wildman–Crippen LogP) is -1.71. The van der Waals surface area contributed by atoms with Crippen molar-refractivity contribution < 1.29 is 44.8 Å². The highest BCUT2D eigenvalue weighted by molar-refractivity contribution is 5.70. The van der Waals surface area contributed by atoms with Crippen LogP contribution in [0.1, 0.15) is 5.56 Å². The Balaban J connectivity index is 2.40. The number of nitro groups is 1. The molecule has 1 aliphatic heterocycles. The second-order valence-electron chi connectivity index (χ2n) is 9.23. The van der Waals surface area contributed by atoms with Gasteiger partial charge in [0.05, 0.1) is 24.6 Å². The van der Waals surface area contributed by atoms with Crippen molar-refractivity contribution in [2.45, 2.75) is 18.8 Å². The van der Waals surface area contributed by atoms with E-state index >= 15 is 0 Å². The summed E-state index contributed by atoms with van der Waals surface area (Å²) in [5.41, 5.74) is 0.602. The van der Waals surface area contributed by atoms with Crippen LogP contribution in [-0.2, 0) is 20.8 Å². The zero-order chi connectivity index (χ0) is 28.2. The van der Waals surface area contributed by atoms with E-state index in [2.05, 4.69) is 0 Å². The SMILES string of the molecule is O=C(O)CN1CCN(CC(=O)O)CCN(CC(=O)O)C(Cc2ccc([N+](=O)[O-])cc2)CN(CC(O)O)CC1. The Bertz CT molecular complexity index is 945. The van der Waals surface area contributed by atoms with Gasteiger partial charge in [-0.15, -0.1) is 0 Å². The Morgan fingerprint density at radius 1 is 0.816 bits per heavy atom. The topological polar surface area (TPSA) is 208 Å². The number of carboxylic acids is 3. The highest BCUT2D eigenvalue weighted by Crippen LogP contribution is 2.17. The van der Waals surface area contributed by atoms with Gasteiger partial charge in [0.25, 0.3) is 5.69 Å². The monoisotopic (exact) mass is 541 g/mol. The van der Waals surface area contributed by atoms with E-state index < -0.39 is 35.2 Å². The number of carbonyl (C=O) groups is 3. The van der Waals surface area contributed by atoms with E-state index in [0.29, 0.717) is 5.56 Å². The van der Waals surface area contributed by atoms with E-state index in [1.165, 1.54) is 12.1 Å². The minimum absolute atomic E-state index is 0.0947. The van der Waals surface area contributed by atoms with Crippen molar-refractivity contribution in [3.05, 3.63) is 39.9 Å². The van der Waals surface area contributed by atoms with E-state index in [4.69, 9.17) is 0 Å². The summed E-state index contributed by atoms with van der Waals surface area (Å²) >= 11 is 0. The first-order chi connectivity index (χ1) is 17.9. The first-order valence-corrected chi connectivity index (χ1v) is 12.1. The Morgan fingerprint density at radius 2 is 1.29 bits per heavy atom. The smallest absolute Gasteiger partial charge is 0.317 e. The Labute approximate surface area is 219 Å².